The summed E-state index contributed by atoms with van der Waals surface area (Å²) in [6, 6.07) is 3.69. The van der Waals surface area contributed by atoms with Crippen molar-refractivity contribution in [3.8, 4) is 0 Å². The normalized spacial score (nSPS) is 10.5. The van der Waals surface area contributed by atoms with Gasteiger partial charge in [0.1, 0.15) is 5.76 Å². The molecule has 5 heteroatoms. The fourth-order valence-electron chi connectivity index (χ4n) is 1.55. The molecular formula is C12H19BrN2O2. The van der Waals surface area contributed by atoms with Crippen LogP contribution in [0.1, 0.15) is 31.4 Å². The van der Waals surface area contributed by atoms with Crippen LogP contribution in [0, 0.1) is 0 Å². The Morgan fingerprint density at radius 1 is 1.41 bits per heavy atom. The fraction of sp³-hybridized carbons (Fsp3) is 0.583. The van der Waals surface area contributed by atoms with Crippen molar-refractivity contribution in [2.24, 2.45) is 5.73 Å². The van der Waals surface area contributed by atoms with E-state index in [-0.39, 0.29) is 5.91 Å². The molecule has 0 aliphatic heterocycles. The lowest BCUT2D eigenvalue weighted by atomic mass is 10.2. The van der Waals surface area contributed by atoms with Gasteiger partial charge in [-0.1, -0.05) is 6.42 Å². The number of unbranched alkanes of at least 4 members (excludes halogenated alkanes) is 2. The van der Waals surface area contributed by atoms with Gasteiger partial charge in [-0.15, -0.1) is 0 Å². The maximum Gasteiger partial charge on any atom is 0.222 e. The molecule has 0 aliphatic rings. The Kier molecular flexibility index (Phi) is 6.29. The van der Waals surface area contributed by atoms with E-state index >= 15 is 0 Å². The zero-order chi connectivity index (χ0) is 12.7. The molecule has 0 aliphatic carbocycles. The van der Waals surface area contributed by atoms with Crippen LogP contribution in [0.2, 0.25) is 0 Å². The molecule has 4 nitrogen and oxygen atoms in total. The van der Waals surface area contributed by atoms with Gasteiger partial charge >= 0.3 is 0 Å². The van der Waals surface area contributed by atoms with Gasteiger partial charge in [0, 0.05) is 13.5 Å². The zero-order valence-corrected chi connectivity index (χ0v) is 11.7. The van der Waals surface area contributed by atoms with E-state index in [4.69, 9.17) is 10.2 Å². The molecule has 1 aromatic rings. The molecule has 0 radical (unpaired) electrons. The minimum atomic E-state index is 0.148. The van der Waals surface area contributed by atoms with Crippen LogP contribution in [-0.4, -0.2) is 24.4 Å². The molecule has 0 fully saturated rings. The van der Waals surface area contributed by atoms with Crippen LogP contribution in [0.4, 0.5) is 0 Å². The molecule has 0 saturated carbocycles. The van der Waals surface area contributed by atoms with Crippen molar-refractivity contribution in [2.45, 2.75) is 32.2 Å². The summed E-state index contributed by atoms with van der Waals surface area (Å²) in [5, 5.41) is 0. The topological polar surface area (TPSA) is 59.5 Å². The molecule has 1 aromatic heterocycles. The van der Waals surface area contributed by atoms with Crippen LogP contribution in [0.25, 0.3) is 0 Å². The summed E-state index contributed by atoms with van der Waals surface area (Å²) in [4.78, 5) is 13.4. The first-order valence-corrected chi connectivity index (χ1v) is 6.61. The lowest BCUT2D eigenvalue weighted by molar-refractivity contribution is -0.130. The smallest absolute Gasteiger partial charge is 0.222 e. The lowest BCUT2D eigenvalue weighted by Crippen LogP contribution is -2.25. The number of furan rings is 1. The van der Waals surface area contributed by atoms with Crippen molar-refractivity contribution in [3.05, 3.63) is 22.6 Å². The summed E-state index contributed by atoms with van der Waals surface area (Å²) in [6.07, 6.45) is 3.49. The molecule has 2 N–H and O–H groups in total. The Labute approximate surface area is 110 Å². The van der Waals surface area contributed by atoms with Crippen molar-refractivity contribution in [1.29, 1.82) is 0 Å². The highest BCUT2D eigenvalue weighted by Crippen LogP contribution is 2.15. The quantitative estimate of drug-likeness (QED) is 0.787. The second kappa shape index (κ2) is 7.50. The van der Waals surface area contributed by atoms with Crippen LogP contribution < -0.4 is 5.73 Å². The third-order valence-electron chi connectivity index (χ3n) is 2.54. The Morgan fingerprint density at radius 3 is 2.76 bits per heavy atom. The van der Waals surface area contributed by atoms with E-state index in [1.165, 1.54) is 0 Å². The standard InChI is InChI=1S/C12H19BrN2O2/c1-15(9-10-6-7-11(13)17-10)12(16)5-3-2-4-8-14/h6-7H,2-5,8-9,14H2,1H3. The second-order valence-corrected chi connectivity index (χ2v) is 4.84. The Hall–Kier alpha value is -0.810. The largest absolute Gasteiger partial charge is 0.452 e. The monoisotopic (exact) mass is 302 g/mol. The van der Waals surface area contributed by atoms with Crippen LogP contribution in [0.3, 0.4) is 0 Å². The van der Waals surface area contributed by atoms with Crippen LogP contribution in [0.5, 0.6) is 0 Å². The average molecular weight is 303 g/mol. The van der Waals surface area contributed by atoms with Crippen molar-refractivity contribution in [2.75, 3.05) is 13.6 Å². The minimum Gasteiger partial charge on any atom is -0.452 e. The summed E-state index contributed by atoms with van der Waals surface area (Å²) in [6.45, 7) is 1.21. The molecule has 1 heterocycles. The van der Waals surface area contributed by atoms with Gasteiger partial charge in [0.05, 0.1) is 6.54 Å². The number of amides is 1. The molecule has 96 valence electrons. The van der Waals surface area contributed by atoms with Crippen molar-refractivity contribution in [3.63, 3.8) is 0 Å². The van der Waals surface area contributed by atoms with Gasteiger partial charge in [0.2, 0.25) is 5.91 Å². The lowest BCUT2D eigenvalue weighted by Gasteiger charge is -2.15. The van der Waals surface area contributed by atoms with Gasteiger partial charge < -0.3 is 15.1 Å². The van der Waals surface area contributed by atoms with Gasteiger partial charge in [-0.2, -0.15) is 0 Å². The Balaban J connectivity index is 2.27. The first-order chi connectivity index (χ1) is 8.13. The Bertz CT molecular complexity index is 352. The van der Waals surface area contributed by atoms with E-state index in [0.29, 0.717) is 24.2 Å². The summed E-state index contributed by atoms with van der Waals surface area (Å²) < 4.78 is 6.04. The van der Waals surface area contributed by atoms with E-state index in [1.807, 2.05) is 12.1 Å². The van der Waals surface area contributed by atoms with Crippen molar-refractivity contribution < 1.29 is 9.21 Å². The summed E-state index contributed by atoms with van der Waals surface area (Å²) in [5.74, 6) is 0.934. The maximum absolute atomic E-state index is 11.8. The van der Waals surface area contributed by atoms with Crippen molar-refractivity contribution in [1.82, 2.24) is 4.90 Å². The third kappa shape index (κ3) is 5.37. The molecule has 1 amide bonds. The van der Waals surface area contributed by atoms with Crippen molar-refractivity contribution >= 4 is 21.8 Å². The first kappa shape index (κ1) is 14.3. The van der Waals surface area contributed by atoms with Crippen LogP contribution >= 0.6 is 15.9 Å². The number of carbonyl (C=O) groups excluding carboxylic acids is 1. The third-order valence-corrected chi connectivity index (χ3v) is 2.97. The van der Waals surface area contributed by atoms with E-state index in [2.05, 4.69) is 15.9 Å². The Morgan fingerprint density at radius 2 is 2.18 bits per heavy atom. The molecule has 1 rings (SSSR count). The number of hydrogen-bond acceptors (Lipinski definition) is 3. The number of nitrogens with zero attached hydrogens (tertiary/aromatic N) is 1. The van der Waals surface area contributed by atoms with E-state index in [9.17, 15) is 4.79 Å². The molecular weight excluding hydrogens is 284 g/mol. The summed E-state index contributed by atoms with van der Waals surface area (Å²) in [5.41, 5.74) is 5.40. The number of carbonyl (C=O) groups is 1. The van der Waals surface area contributed by atoms with E-state index in [1.54, 1.807) is 11.9 Å². The highest BCUT2D eigenvalue weighted by atomic mass is 79.9. The van der Waals surface area contributed by atoms with Crippen LogP contribution in [-0.2, 0) is 11.3 Å². The molecule has 0 bridgehead atoms. The minimum absolute atomic E-state index is 0.148. The predicted octanol–water partition coefficient (Wildman–Crippen LogP) is 2.52. The molecule has 0 spiro atoms. The van der Waals surface area contributed by atoms with E-state index < -0.39 is 0 Å². The summed E-state index contributed by atoms with van der Waals surface area (Å²) in [7, 11) is 1.79. The van der Waals surface area contributed by atoms with Crippen LogP contribution in [0.15, 0.2) is 21.2 Å². The zero-order valence-electron chi connectivity index (χ0n) is 10.1. The van der Waals surface area contributed by atoms with Gasteiger partial charge in [0.15, 0.2) is 4.67 Å². The summed E-state index contributed by atoms with van der Waals surface area (Å²) >= 11 is 3.24. The van der Waals surface area contributed by atoms with Gasteiger partial charge in [-0.25, -0.2) is 0 Å². The maximum atomic E-state index is 11.8. The predicted molar refractivity (Wildman–Crippen MR) is 70.4 cm³/mol. The van der Waals surface area contributed by atoms with Gasteiger partial charge in [-0.05, 0) is 47.4 Å². The second-order valence-electron chi connectivity index (χ2n) is 4.05. The number of nitrogens with two attached hydrogens (primary N) is 1. The van der Waals surface area contributed by atoms with E-state index in [0.717, 1.165) is 25.0 Å². The fourth-order valence-corrected chi connectivity index (χ4v) is 1.89. The highest BCUT2D eigenvalue weighted by molar-refractivity contribution is 9.10. The van der Waals surface area contributed by atoms with Gasteiger partial charge in [0.25, 0.3) is 0 Å². The molecule has 0 saturated heterocycles. The number of hydrogen-bond donors (Lipinski definition) is 1. The number of rotatable bonds is 7. The molecule has 0 unspecified atom stereocenters. The molecule has 0 atom stereocenters. The number of halogens is 1. The average Bonchev–Trinajstić information content (AvgIpc) is 2.70. The SMILES string of the molecule is CN(Cc1ccc(Br)o1)C(=O)CCCCCN. The first-order valence-electron chi connectivity index (χ1n) is 5.81. The molecule has 0 aromatic carbocycles. The van der Waals surface area contributed by atoms with Gasteiger partial charge in [-0.3, -0.25) is 4.79 Å². The molecule has 17 heavy (non-hydrogen) atoms. The highest BCUT2D eigenvalue weighted by Gasteiger charge is 2.10.